The van der Waals surface area contributed by atoms with Gasteiger partial charge in [-0.3, -0.25) is 4.57 Å². The van der Waals surface area contributed by atoms with Crippen molar-refractivity contribution in [3.63, 3.8) is 0 Å². The zero-order valence-corrected chi connectivity index (χ0v) is 21.8. The molecule has 4 rings (SSSR count). The van der Waals surface area contributed by atoms with Crippen LogP contribution >= 0.6 is 0 Å². The number of nitrogens with zero attached hydrogens (tertiary/aromatic N) is 4. The molecule has 0 amide bonds. The predicted molar refractivity (Wildman–Crippen MR) is 142 cm³/mol. The van der Waals surface area contributed by atoms with Crippen LogP contribution in [0.25, 0.3) is 11.2 Å². The van der Waals surface area contributed by atoms with E-state index < -0.39 is 0 Å². The zero-order valence-electron chi connectivity index (χ0n) is 21.8. The van der Waals surface area contributed by atoms with Gasteiger partial charge in [0.15, 0.2) is 11.5 Å². The third kappa shape index (κ3) is 7.45. The Labute approximate surface area is 210 Å². The van der Waals surface area contributed by atoms with Gasteiger partial charge in [-0.1, -0.05) is 64.7 Å². The molecule has 1 aliphatic carbocycles. The number of nitrogens with one attached hydrogen (secondary N) is 1. The lowest BCUT2D eigenvalue weighted by Gasteiger charge is -2.33. The van der Waals surface area contributed by atoms with Crippen molar-refractivity contribution in [2.75, 3.05) is 32.0 Å². The van der Waals surface area contributed by atoms with Crippen molar-refractivity contribution in [3.05, 3.63) is 10.5 Å². The van der Waals surface area contributed by atoms with Crippen molar-refractivity contribution in [2.24, 2.45) is 11.8 Å². The quantitative estimate of drug-likeness (QED) is 0.381. The maximum atomic E-state index is 12.5. The number of rotatable bonds is 13. The van der Waals surface area contributed by atoms with E-state index >= 15 is 0 Å². The molecule has 1 saturated heterocycles. The van der Waals surface area contributed by atoms with E-state index in [9.17, 15) is 4.79 Å². The fourth-order valence-electron chi connectivity index (χ4n) is 5.83. The third-order valence-electron chi connectivity index (χ3n) is 8.14. The Kier molecular flexibility index (Phi) is 9.86. The van der Waals surface area contributed by atoms with Gasteiger partial charge in [-0.25, -0.2) is 4.79 Å². The lowest BCUT2D eigenvalue weighted by Crippen LogP contribution is -2.35. The number of unbranched alkanes of at least 4 members (excludes halogenated alkanes) is 3. The van der Waals surface area contributed by atoms with E-state index in [4.69, 9.17) is 10.5 Å². The number of piperidine rings is 1. The first-order chi connectivity index (χ1) is 17.1. The standard InChI is InChI=1S/C27H46N6O2/c1-2-3-20-35-26-30-24(28)23-25(31-26)33(27(34)29-23)16-9-5-8-12-22-14-18-32(19-15-22)17-13-21-10-6-4-7-11-21/h21-22H,2-20H2,1H3,(H,29,34)(H2,28,30,31). The van der Waals surface area contributed by atoms with Gasteiger partial charge in [0.25, 0.3) is 0 Å². The van der Waals surface area contributed by atoms with Gasteiger partial charge in [-0.05, 0) is 63.6 Å². The Morgan fingerprint density at radius 1 is 0.943 bits per heavy atom. The molecule has 8 nitrogen and oxygen atoms in total. The van der Waals surface area contributed by atoms with Crippen LogP contribution in [0.4, 0.5) is 5.82 Å². The van der Waals surface area contributed by atoms with Gasteiger partial charge < -0.3 is 20.4 Å². The highest BCUT2D eigenvalue weighted by Crippen LogP contribution is 2.28. The molecular weight excluding hydrogens is 440 g/mol. The number of ether oxygens (including phenoxy) is 1. The topological polar surface area (TPSA) is 102 Å². The van der Waals surface area contributed by atoms with Crippen molar-refractivity contribution < 1.29 is 4.74 Å². The molecule has 196 valence electrons. The summed E-state index contributed by atoms with van der Waals surface area (Å²) < 4.78 is 7.31. The normalized spacial score (nSPS) is 18.4. The molecule has 2 aliphatic rings. The Morgan fingerprint density at radius 3 is 2.49 bits per heavy atom. The molecule has 8 heteroatoms. The summed E-state index contributed by atoms with van der Waals surface area (Å²) in [5, 5.41) is 0. The minimum absolute atomic E-state index is 0.174. The van der Waals surface area contributed by atoms with Gasteiger partial charge >= 0.3 is 11.7 Å². The Bertz CT molecular complexity index is 956. The Hall–Kier alpha value is -2.09. The number of anilines is 1. The fourth-order valence-corrected chi connectivity index (χ4v) is 5.83. The largest absolute Gasteiger partial charge is 0.463 e. The molecular formula is C27H46N6O2. The second-order valence-electron chi connectivity index (χ2n) is 10.8. The number of imidazole rings is 1. The van der Waals surface area contributed by atoms with E-state index in [0.717, 1.165) is 37.5 Å². The maximum Gasteiger partial charge on any atom is 0.327 e. The predicted octanol–water partition coefficient (Wildman–Crippen LogP) is 5.12. The van der Waals surface area contributed by atoms with E-state index in [1.54, 1.807) is 4.57 Å². The molecule has 3 N–H and O–H groups in total. The maximum absolute atomic E-state index is 12.5. The lowest BCUT2D eigenvalue weighted by atomic mass is 9.86. The summed E-state index contributed by atoms with van der Waals surface area (Å²) in [4.78, 5) is 26.7. The molecule has 1 aliphatic heterocycles. The van der Waals surface area contributed by atoms with Crippen molar-refractivity contribution in [1.82, 2.24) is 24.4 Å². The van der Waals surface area contributed by atoms with E-state index in [2.05, 4.69) is 26.8 Å². The third-order valence-corrected chi connectivity index (χ3v) is 8.14. The van der Waals surface area contributed by atoms with Gasteiger partial charge in [-0.15, -0.1) is 0 Å². The molecule has 0 aromatic carbocycles. The molecule has 1 saturated carbocycles. The summed E-state index contributed by atoms with van der Waals surface area (Å²) in [5.74, 6) is 2.13. The van der Waals surface area contributed by atoms with Crippen LogP contribution in [-0.2, 0) is 6.54 Å². The number of hydrogen-bond acceptors (Lipinski definition) is 6. The number of hydrogen-bond donors (Lipinski definition) is 2. The van der Waals surface area contributed by atoms with Crippen LogP contribution in [0.3, 0.4) is 0 Å². The number of aromatic amines is 1. The Balaban J connectivity index is 1.16. The molecule has 0 bridgehead atoms. The molecule has 2 aromatic rings. The second-order valence-corrected chi connectivity index (χ2v) is 10.8. The summed E-state index contributed by atoms with van der Waals surface area (Å²) in [5.41, 5.74) is 6.94. The van der Waals surface area contributed by atoms with Crippen molar-refractivity contribution >= 4 is 17.0 Å². The van der Waals surface area contributed by atoms with Crippen molar-refractivity contribution in [3.8, 4) is 6.01 Å². The SMILES string of the molecule is CCCCOc1nc(N)c2[nH]c(=O)n(CCCCCC3CCN(CCC4CCCCC4)CC3)c2n1. The van der Waals surface area contributed by atoms with Gasteiger partial charge in [0.1, 0.15) is 5.52 Å². The summed E-state index contributed by atoms with van der Waals surface area (Å²) in [7, 11) is 0. The van der Waals surface area contributed by atoms with Crippen LogP contribution in [0.1, 0.15) is 96.8 Å². The number of nitrogens with two attached hydrogens (primary N) is 1. The number of fused-ring (bicyclic) bond motifs is 1. The van der Waals surface area contributed by atoms with Crippen LogP contribution in [0.5, 0.6) is 6.01 Å². The summed E-state index contributed by atoms with van der Waals surface area (Å²) in [6, 6.07) is 0.251. The minimum Gasteiger partial charge on any atom is -0.463 e. The van der Waals surface area contributed by atoms with Crippen LogP contribution in [-0.4, -0.2) is 50.7 Å². The molecule has 2 aromatic heterocycles. The number of H-pyrrole nitrogens is 1. The first-order valence-corrected chi connectivity index (χ1v) is 14.2. The van der Waals surface area contributed by atoms with Crippen LogP contribution in [0, 0.1) is 11.8 Å². The number of aromatic nitrogens is 4. The highest BCUT2D eigenvalue weighted by atomic mass is 16.5. The molecule has 0 radical (unpaired) electrons. The molecule has 0 atom stereocenters. The van der Waals surface area contributed by atoms with Crippen LogP contribution < -0.4 is 16.2 Å². The molecule has 35 heavy (non-hydrogen) atoms. The molecule has 0 spiro atoms. The average Bonchev–Trinajstić information content (AvgIpc) is 3.20. The molecule has 3 heterocycles. The zero-order chi connectivity index (χ0) is 24.5. The van der Waals surface area contributed by atoms with Gasteiger partial charge in [0.2, 0.25) is 0 Å². The number of aryl methyl sites for hydroxylation is 1. The summed E-state index contributed by atoms with van der Waals surface area (Å²) in [6.07, 6.45) is 18.0. The van der Waals surface area contributed by atoms with Gasteiger partial charge in [0, 0.05) is 6.54 Å². The van der Waals surface area contributed by atoms with Gasteiger partial charge in [0.05, 0.1) is 6.61 Å². The highest BCUT2D eigenvalue weighted by Gasteiger charge is 2.21. The number of likely N-dealkylation sites (tertiary alicyclic amines) is 1. The van der Waals surface area contributed by atoms with Crippen LogP contribution in [0.2, 0.25) is 0 Å². The molecule has 0 unspecified atom stereocenters. The highest BCUT2D eigenvalue weighted by molar-refractivity contribution is 5.81. The lowest BCUT2D eigenvalue weighted by molar-refractivity contribution is 0.161. The van der Waals surface area contributed by atoms with Crippen molar-refractivity contribution in [1.29, 1.82) is 0 Å². The van der Waals surface area contributed by atoms with Crippen LogP contribution in [0.15, 0.2) is 4.79 Å². The summed E-state index contributed by atoms with van der Waals surface area (Å²) in [6.45, 7) is 7.18. The average molecular weight is 487 g/mol. The molecule has 2 fully saturated rings. The van der Waals surface area contributed by atoms with E-state index in [1.165, 1.54) is 83.8 Å². The minimum atomic E-state index is -0.174. The first kappa shape index (κ1) is 26.0. The van der Waals surface area contributed by atoms with E-state index in [0.29, 0.717) is 24.3 Å². The van der Waals surface area contributed by atoms with E-state index in [1.807, 2.05) is 0 Å². The van der Waals surface area contributed by atoms with Gasteiger partial charge in [-0.2, -0.15) is 9.97 Å². The summed E-state index contributed by atoms with van der Waals surface area (Å²) >= 11 is 0. The second kappa shape index (κ2) is 13.3. The fraction of sp³-hybridized carbons (Fsp3) is 0.815. The van der Waals surface area contributed by atoms with Crippen molar-refractivity contribution in [2.45, 2.75) is 103 Å². The smallest absolute Gasteiger partial charge is 0.327 e. The first-order valence-electron chi connectivity index (χ1n) is 14.2. The Morgan fingerprint density at radius 2 is 1.71 bits per heavy atom. The number of nitrogen functional groups attached to an aromatic ring is 1. The van der Waals surface area contributed by atoms with E-state index in [-0.39, 0.29) is 17.5 Å². The monoisotopic (exact) mass is 486 g/mol.